The molecule has 4 heteroatoms. The maximum atomic E-state index is 9.69. The van der Waals surface area contributed by atoms with Gasteiger partial charge < -0.3 is 19.3 Å². The van der Waals surface area contributed by atoms with Gasteiger partial charge in [-0.1, -0.05) is 6.08 Å². The number of rotatable bonds is 1. The molecule has 0 amide bonds. The van der Waals surface area contributed by atoms with Crippen molar-refractivity contribution >= 4 is 0 Å². The monoisotopic (exact) mass is 186 g/mol. The number of fused-ring (bicyclic) bond motifs is 1. The molecular formula is C9H14O4. The molecule has 1 N–H and O–H groups in total. The highest BCUT2D eigenvalue weighted by Gasteiger charge is 2.53. The lowest BCUT2D eigenvalue weighted by Gasteiger charge is -2.21. The van der Waals surface area contributed by atoms with Crippen molar-refractivity contribution in [3.05, 3.63) is 12.7 Å². The maximum Gasteiger partial charge on any atom is 0.190 e. The number of hydrogen-bond donors (Lipinski definition) is 1. The third-order valence-electron chi connectivity index (χ3n) is 2.28. The Balaban J connectivity index is 2.11. The van der Waals surface area contributed by atoms with Gasteiger partial charge in [-0.15, -0.1) is 6.58 Å². The average molecular weight is 186 g/mol. The van der Waals surface area contributed by atoms with Crippen LogP contribution in [0.4, 0.5) is 0 Å². The molecule has 0 aromatic carbocycles. The first kappa shape index (κ1) is 9.15. The molecule has 13 heavy (non-hydrogen) atoms. The second-order valence-electron chi connectivity index (χ2n) is 3.80. The molecule has 2 aliphatic rings. The molecule has 0 spiro atoms. The lowest BCUT2D eigenvalue weighted by Crippen LogP contribution is -2.33. The molecule has 0 bridgehead atoms. The predicted molar refractivity (Wildman–Crippen MR) is 44.9 cm³/mol. The van der Waals surface area contributed by atoms with E-state index in [4.69, 9.17) is 14.2 Å². The summed E-state index contributed by atoms with van der Waals surface area (Å²) in [4.78, 5) is 0. The molecule has 0 saturated carbocycles. The largest absolute Gasteiger partial charge is 0.387 e. The number of hydrogen-bond acceptors (Lipinski definition) is 4. The summed E-state index contributed by atoms with van der Waals surface area (Å²) < 4.78 is 16.3. The second-order valence-corrected chi connectivity index (χ2v) is 3.80. The van der Waals surface area contributed by atoms with E-state index in [0.717, 1.165) is 0 Å². The van der Waals surface area contributed by atoms with E-state index in [1.807, 2.05) is 0 Å². The summed E-state index contributed by atoms with van der Waals surface area (Å²) in [7, 11) is 0. The van der Waals surface area contributed by atoms with Gasteiger partial charge in [0.1, 0.15) is 18.3 Å². The van der Waals surface area contributed by atoms with Gasteiger partial charge in [0.05, 0.1) is 0 Å². The van der Waals surface area contributed by atoms with Gasteiger partial charge in [-0.2, -0.15) is 0 Å². The van der Waals surface area contributed by atoms with E-state index in [-0.39, 0.29) is 6.10 Å². The molecule has 2 aliphatic heterocycles. The molecule has 2 rings (SSSR count). The van der Waals surface area contributed by atoms with Gasteiger partial charge in [0, 0.05) is 0 Å². The van der Waals surface area contributed by atoms with Crippen molar-refractivity contribution in [2.75, 3.05) is 0 Å². The second kappa shape index (κ2) is 2.78. The van der Waals surface area contributed by atoms with Gasteiger partial charge in [0.25, 0.3) is 0 Å². The van der Waals surface area contributed by atoms with Gasteiger partial charge in [-0.3, -0.25) is 0 Å². The third kappa shape index (κ3) is 1.40. The molecule has 2 saturated heterocycles. The zero-order chi connectivity index (χ0) is 9.64. The topological polar surface area (TPSA) is 47.9 Å². The molecule has 0 aromatic rings. The quantitative estimate of drug-likeness (QED) is 0.602. The summed E-state index contributed by atoms with van der Waals surface area (Å²) in [6, 6.07) is 0. The van der Waals surface area contributed by atoms with Gasteiger partial charge in [-0.05, 0) is 13.8 Å². The van der Waals surface area contributed by atoms with E-state index in [2.05, 4.69) is 6.58 Å². The zero-order valence-corrected chi connectivity index (χ0v) is 7.77. The fourth-order valence-corrected chi connectivity index (χ4v) is 1.71. The molecule has 2 fully saturated rings. The van der Waals surface area contributed by atoms with E-state index in [1.165, 1.54) is 0 Å². The lowest BCUT2D eigenvalue weighted by molar-refractivity contribution is -0.209. The van der Waals surface area contributed by atoms with E-state index >= 15 is 0 Å². The minimum Gasteiger partial charge on any atom is -0.387 e. The first-order valence-corrected chi connectivity index (χ1v) is 4.35. The summed E-state index contributed by atoms with van der Waals surface area (Å²) in [5, 5.41) is 9.69. The molecule has 0 radical (unpaired) electrons. The van der Waals surface area contributed by atoms with Crippen LogP contribution in [0.25, 0.3) is 0 Å². The zero-order valence-electron chi connectivity index (χ0n) is 7.77. The minimum absolute atomic E-state index is 0.383. The Morgan fingerprint density at radius 1 is 1.38 bits per heavy atom. The lowest BCUT2D eigenvalue weighted by atomic mass is 10.1. The number of ether oxygens (including phenoxy) is 3. The molecular weight excluding hydrogens is 172 g/mol. The van der Waals surface area contributed by atoms with E-state index in [9.17, 15) is 5.11 Å². The standard InChI is InChI=1S/C9H14O4/c1-4-5-6(10)7-8(11-5)13-9(2,3)12-7/h4-8,10H,1H2,2-3H3/t5?,6-,7+,8+/m0/s1. The van der Waals surface area contributed by atoms with E-state index < -0.39 is 24.3 Å². The summed E-state index contributed by atoms with van der Waals surface area (Å²) in [6.07, 6.45) is -0.357. The average Bonchev–Trinajstić information content (AvgIpc) is 2.47. The summed E-state index contributed by atoms with van der Waals surface area (Å²) in [6.45, 7) is 7.15. The SMILES string of the molecule is C=CC1O[C@@H]2OC(C)(C)O[C@@H]2[C@H]1O. The first-order chi connectivity index (χ1) is 6.03. The van der Waals surface area contributed by atoms with Crippen molar-refractivity contribution in [2.45, 2.75) is 44.2 Å². The molecule has 0 aromatic heterocycles. The Kier molecular flexibility index (Phi) is 1.96. The first-order valence-electron chi connectivity index (χ1n) is 4.35. The van der Waals surface area contributed by atoms with E-state index in [0.29, 0.717) is 0 Å². The molecule has 1 unspecified atom stereocenters. The Bertz CT molecular complexity index is 226. The van der Waals surface area contributed by atoms with Crippen LogP contribution in [-0.4, -0.2) is 35.5 Å². The maximum absolute atomic E-state index is 9.69. The van der Waals surface area contributed by atoms with Crippen LogP contribution in [0.2, 0.25) is 0 Å². The summed E-state index contributed by atoms with van der Waals surface area (Å²) in [5.41, 5.74) is 0. The fraction of sp³-hybridized carbons (Fsp3) is 0.778. The highest BCUT2D eigenvalue weighted by Crippen LogP contribution is 2.37. The van der Waals surface area contributed by atoms with Crippen LogP contribution < -0.4 is 0 Å². The summed E-state index contributed by atoms with van der Waals surface area (Å²) >= 11 is 0. The molecule has 4 atom stereocenters. The van der Waals surface area contributed by atoms with Crippen LogP contribution in [0.3, 0.4) is 0 Å². The third-order valence-corrected chi connectivity index (χ3v) is 2.28. The molecule has 2 heterocycles. The molecule has 74 valence electrons. The highest BCUT2D eigenvalue weighted by molar-refractivity contribution is 4.99. The predicted octanol–water partition coefficient (Wildman–Crippen LogP) is 0.410. The number of aliphatic hydroxyl groups is 1. The van der Waals surface area contributed by atoms with Gasteiger partial charge in [0.15, 0.2) is 12.1 Å². The Labute approximate surface area is 77.1 Å². The van der Waals surface area contributed by atoms with Crippen LogP contribution in [0.15, 0.2) is 12.7 Å². The van der Waals surface area contributed by atoms with Crippen molar-refractivity contribution < 1.29 is 19.3 Å². The van der Waals surface area contributed by atoms with Crippen LogP contribution in [-0.2, 0) is 14.2 Å². The Morgan fingerprint density at radius 2 is 2.08 bits per heavy atom. The van der Waals surface area contributed by atoms with Gasteiger partial charge in [0.2, 0.25) is 0 Å². The number of aliphatic hydroxyl groups excluding tert-OH is 1. The highest BCUT2D eigenvalue weighted by atomic mass is 16.8. The van der Waals surface area contributed by atoms with Crippen molar-refractivity contribution in [1.82, 2.24) is 0 Å². The van der Waals surface area contributed by atoms with Crippen LogP contribution in [0.1, 0.15) is 13.8 Å². The van der Waals surface area contributed by atoms with Crippen molar-refractivity contribution in [1.29, 1.82) is 0 Å². The molecule has 4 nitrogen and oxygen atoms in total. The molecule has 0 aliphatic carbocycles. The Morgan fingerprint density at radius 3 is 2.62 bits per heavy atom. The normalized spacial score (nSPS) is 47.6. The van der Waals surface area contributed by atoms with E-state index in [1.54, 1.807) is 19.9 Å². The van der Waals surface area contributed by atoms with Crippen molar-refractivity contribution in [3.63, 3.8) is 0 Å². The van der Waals surface area contributed by atoms with Crippen molar-refractivity contribution in [2.24, 2.45) is 0 Å². The van der Waals surface area contributed by atoms with Gasteiger partial charge >= 0.3 is 0 Å². The Hall–Kier alpha value is -0.420. The smallest absolute Gasteiger partial charge is 0.190 e. The van der Waals surface area contributed by atoms with Crippen LogP contribution in [0, 0.1) is 0 Å². The fourth-order valence-electron chi connectivity index (χ4n) is 1.71. The van der Waals surface area contributed by atoms with Crippen molar-refractivity contribution in [3.8, 4) is 0 Å². The summed E-state index contributed by atoms with van der Waals surface area (Å²) in [5.74, 6) is -0.664. The van der Waals surface area contributed by atoms with Crippen LogP contribution in [0.5, 0.6) is 0 Å². The van der Waals surface area contributed by atoms with Gasteiger partial charge in [-0.25, -0.2) is 0 Å². The minimum atomic E-state index is -0.677. The van der Waals surface area contributed by atoms with Crippen LogP contribution >= 0.6 is 0 Å².